The highest BCUT2D eigenvalue weighted by atomic mass is 32.1. The van der Waals surface area contributed by atoms with Crippen LogP contribution in [0.15, 0.2) is 135 Å². The first-order valence-corrected chi connectivity index (χ1v) is 43.7. The Morgan fingerprint density at radius 2 is 0.852 bits per heavy atom. The summed E-state index contributed by atoms with van der Waals surface area (Å²) in [6.07, 6.45) is 12.0. The van der Waals surface area contributed by atoms with Crippen LogP contribution in [0.25, 0.3) is 36.2 Å². The predicted octanol–water partition coefficient (Wildman–Crippen LogP) is 12.2. The molecule has 4 aromatic carbocycles. The number of aryl methyl sites for hydroxylation is 1. The number of fused-ring (bicyclic) bond motifs is 5. The Labute approximate surface area is 763 Å². The number of aromatic nitrogens is 7. The maximum Gasteiger partial charge on any atom is 0.418 e. The van der Waals surface area contributed by atoms with E-state index in [0.717, 1.165) is 128 Å². The number of carbonyl (C=O) groups is 3. The van der Waals surface area contributed by atoms with Gasteiger partial charge in [0.15, 0.2) is 0 Å². The Morgan fingerprint density at radius 1 is 0.469 bits per heavy atom. The normalized spacial score (nSPS) is 20.6. The van der Waals surface area contributed by atoms with Crippen LogP contribution in [0.2, 0.25) is 0 Å². The van der Waals surface area contributed by atoms with Crippen molar-refractivity contribution in [2.75, 3.05) is 188 Å². The summed E-state index contributed by atoms with van der Waals surface area (Å²) >= 11 is 0. The van der Waals surface area contributed by atoms with Crippen LogP contribution in [-0.2, 0) is 59.5 Å². The molecule has 0 spiro atoms. The van der Waals surface area contributed by atoms with Crippen molar-refractivity contribution in [1.82, 2.24) is 64.3 Å². The summed E-state index contributed by atoms with van der Waals surface area (Å²) in [5, 5.41) is 3.59. The average Bonchev–Trinajstić information content (AvgIpc) is 1.16. The molecule has 0 saturated carbocycles. The van der Waals surface area contributed by atoms with Crippen LogP contribution in [-0.4, -0.2) is 277 Å². The number of pyridine rings is 1. The van der Waals surface area contributed by atoms with E-state index in [2.05, 4.69) is 154 Å². The number of likely N-dealkylation sites (tertiary alicyclic amines) is 3. The SMILES string of the molecule is C.S.S.[C-]#[N+]CC1CN(c2nc(OC[C@@H]3CCCN3C)nc3c2CCN(c2cccc(C)c2C(F)(F)F)C3)CCN1C(=O)C=C.[C-]#[N+]CC1CN(c2nc(OC[C@@H]3CCCN3C)nc3c2CCN(c2cccc4ccccc24)C3)CCN1C(=O)/C=C/C.[C-]#[N+]CC1CN(c2nc(OC[C@@H]3CCCN3C)nc3c2CCN(c2cccc4ncccc24)C3)CCN1C(=O)C=C. The van der Waals surface area contributed by atoms with Gasteiger partial charge >= 0.3 is 24.2 Å². The Morgan fingerprint density at radius 3 is 1.26 bits per heavy atom. The average molecular weight is 1790 g/mol. The molecule has 9 aliphatic rings. The number of rotatable bonds is 21. The molecule has 33 heteroatoms. The van der Waals surface area contributed by atoms with Crippen LogP contribution in [0.4, 0.5) is 47.7 Å². The topological polar surface area (TPSA) is 221 Å². The van der Waals surface area contributed by atoms with E-state index in [0.29, 0.717) is 140 Å². The number of anilines is 6. The van der Waals surface area contributed by atoms with Gasteiger partial charge in [-0.15, -0.1) is 0 Å². The second-order valence-electron chi connectivity index (χ2n) is 33.7. The highest BCUT2D eigenvalue weighted by Gasteiger charge is 2.42. The first-order valence-electron chi connectivity index (χ1n) is 43.7. The fraction of sp³-hybridized carbons (Fsp3) is 0.484. The summed E-state index contributed by atoms with van der Waals surface area (Å²) in [5.41, 5.74) is 8.72. The van der Waals surface area contributed by atoms with Crippen LogP contribution >= 0.6 is 27.0 Å². The maximum absolute atomic E-state index is 14.1. The van der Waals surface area contributed by atoms with Crippen molar-refractivity contribution in [3.8, 4) is 18.0 Å². The lowest BCUT2D eigenvalue weighted by Crippen LogP contribution is -2.56. The van der Waals surface area contributed by atoms with E-state index < -0.39 is 11.7 Å². The number of likely N-dealkylation sites (N-methyl/N-ethyl adjacent to an activating group) is 3. The Bertz CT molecular complexity index is 5430. The Kier molecular flexibility index (Phi) is 32.5. The van der Waals surface area contributed by atoms with E-state index in [-0.39, 0.29) is 120 Å². The number of ether oxygens (including phenoxy) is 3. The molecule has 3 unspecified atom stereocenters. The fourth-order valence-corrected chi connectivity index (χ4v) is 19.2. The van der Waals surface area contributed by atoms with Gasteiger partial charge in [0.25, 0.3) is 0 Å². The third kappa shape index (κ3) is 21.6. The molecule has 6 fully saturated rings. The molecule has 0 radical (unpaired) electrons. The van der Waals surface area contributed by atoms with Crippen LogP contribution < -0.4 is 43.6 Å². The van der Waals surface area contributed by atoms with E-state index in [1.54, 1.807) is 32.9 Å². The summed E-state index contributed by atoms with van der Waals surface area (Å²) in [6, 6.07) is 31.2. The molecule has 3 amide bonds. The molecule has 0 bridgehead atoms. The minimum absolute atomic E-state index is 0. The lowest BCUT2D eigenvalue weighted by molar-refractivity contribution is -0.137. The monoisotopic (exact) mass is 1780 g/mol. The van der Waals surface area contributed by atoms with Gasteiger partial charge in [0, 0.05) is 147 Å². The van der Waals surface area contributed by atoms with Gasteiger partial charge in [-0.2, -0.15) is 70.1 Å². The number of piperazine rings is 3. The standard InChI is InChI=1S/C33H39N7O2.C31H36N8O2.C30H36F3N7O2.CH4.2H2S/c1-4-9-31(41)40-19-18-39(21-26(40)20-34-2)32-28-15-17-38(30-14-7-11-24-10-5-6-13-27(24)30)22-29(28)35-33(36-32)42-23-25-12-8-16-37(25)3;1-4-29(40)39-17-16-38(19-23(39)18-32-2)30-25-12-15-37(28-11-5-10-26-24(28)9-6-13-33-26)20-27(25)34-31(35-30)41-21-22-8-7-14-36(22)3;1-5-26(41)40-15-14-39(17-22(40)16-34-3)28-23-11-13-38(25-10-6-8-20(2)27(25)30(31,32)33)18-24(23)35-29(36-28)42-19-21-9-7-12-37(21)4;;;/h4-7,9-11,13-14,25-26H,8,12,15-23H2,1,3H3;4-6,9-11,13,22-23H,1,7-8,12,14-21H2,3H3;5-6,8,10,21-22H,1,7,9,11-19H2,2,4H3;1H4;2*1H2/b9-4+;;;;;/t25-,26?;22-,23?;21-,22?;;;/m000.../s1. The van der Waals surface area contributed by atoms with Gasteiger partial charge in [0.1, 0.15) is 55.4 Å². The predicted molar refractivity (Wildman–Crippen MR) is 506 cm³/mol. The molecule has 4 aromatic heterocycles. The number of allylic oxidation sites excluding steroid dienone is 1. The molecule has 0 aliphatic carbocycles. The fourth-order valence-electron chi connectivity index (χ4n) is 19.2. The molecule has 6 saturated heterocycles. The molecule has 28 nitrogen and oxygen atoms in total. The zero-order valence-electron chi connectivity index (χ0n) is 73.2. The number of hydrogen-bond acceptors (Lipinski definition) is 22. The minimum atomic E-state index is -4.49. The third-order valence-electron chi connectivity index (χ3n) is 26.0. The zero-order valence-corrected chi connectivity index (χ0v) is 75.2. The van der Waals surface area contributed by atoms with E-state index in [9.17, 15) is 27.6 Å². The number of nitrogens with zero attached hydrogens (tertiary/aromatic N) is 22. The van der Waals surface area contributed by atoms with Gasteiger partial charge in [-0.25, -0.2) is 19.7 Å². The summed E-state index contributed by atoms with van der Waals surface area (Å²) in [5.74, 6) is 2.03. The molecular weight excluding hydrogens is 1670 g/mol. The summed E-state index contributed by atoms with van der Waals surface area (Å²) < 4.78 is 61.0. The lowest BCUT2D eigenvalue weighted by Gasteiger charge is -2.41. The number of alkyl halides is 3. The lowest BCUT2D eigenvalue weighted by atomic mass is 10.00. The quantitative estimate of drug-likeness (QED) is 0.0482. The van der Waals surface area contributed by atoms with Crippen molar-refractivity contribution in [1.29, 1.82) is 0 Å². The highest BCUT2D eigenvalue weighted by Crippen LogP contribution is 2.43. The summed E-state index contributed by atoms with van der Waals surface area (Å²) in [7, 11) is 6.34. The van der Waals surface area contributed by atoms with E-state index in [1.807, 2.05) is 30.2 Å². The number of hydrogen-bond donors (Lipinski definition) is 0. The number of benzene rings is 4. The van der Waals surface area contributed by atoms with Crippen molar-refractivity contribution in [3.05, 3.63) is 214 Å². The van der Waals surface area contributed by atoms with Crippen LogP contribution in [0.5, 0.6) is 18.0 Å². The van der Waals surface area contributed by atoms with E-state index in [1.165, 1.54) is 60.5 Å². The highest BCUT2D eigenvalue weighted by molar-refractivity contribution is 7.59. The Hall–Kier alpha value is -11.5. The van der Waals surface area contributed by atoms with Crippen LogP contribution in [0, 0.1) is 26.6 Å². The molecule has 6 atom stereocenters. The number of halogens is 3. The number of amides is 3. The van der Waals surface area contributed by atoms with Crippen molar-refractivity contribution >= 4 is 101 Å². The number of carbonyl (C=O) groups excluding carboxylic acids is 3. The minimum Gasteiger partial charge on any atom is -0.462 e. The van der Waals surface area contributed by atoms with Crippen molar-refractivity contribution < 1.29 is 41.8 Å². The van der Waals surface area contributed by atoms with Crippen LogP contribution in [0.3, 0.4) is 0 Å². The van der Waals surface area contributed by atoms with Gasteiger partial charge in [-0.3, -0.25) is 19.4 Å². The Balaban J connectivity index is 0.000000172. The first kappa shape index (κ1) is 95.6. The molecule has 8 aromatic rings. The molecule has 678 valence electrons. The molecule has 17 rings (SSSR count). The van der Waals surface area contributed by atoms with Crippen LogP contribution in [0.1, 0.15) is 97.8 Å². The molecule has 9 aliphatic heterocycles. The zero-order chi connectivity index (χ0) is 87.4. The largest absolute Gasteiger partial charge is 0.462 e. The van der Waals surface area contributed by atoms with Gasteiger partial charge in [-0.1, -0.05) is 81.3 Å². The van der Waals surface area contributed by atoms with Gasteiger partial charge in [-0.05, 0) is 178 Å². The first-order chi connectivity index (χ1) is 60.7. The maximum atomic E-state index is 14.1. The van der Waals surface area contributed by atoms with Gasteiger partial charge in [0.2, 0.25) is 37.4 Å². The second-order valence-corrected chi connectivity index (χ2v) is 33.7. The van der Waals surface area contributed by atoms with E-state index >= 15 is 0 Å². The van der Waals surface area contributed by atoms with E-state index in [4.69, 9.17) is 63.8 Å². The molecule has 128 heavy (non-hydrogen) atoms. The summed E-state index contributed by atoms with van der Waals surface area (Å²) in [6.45, 7) is 46.6. The molecular formula is C95H119F3N22O6S2. The smallest absolute Gasteiger partial charge is 0.418 e. The molecule has 13 heterocycles. The molecule has 0 N–H and O–H groups in total. The second kappa shape index (κ2) is 43.5. The van der Waals surface area contributed by atoms with Crippen molar-refractivity contribution in [3.63, 3.8) is 0 Å². The summed E-state index contributed by atoms with van der Waals surface area (Å²) in [4.78, 5) is 108. The van der Waals surface area contributed by atoms with Crippen molar-refractivity contribution in [2.45, 2.75) is 141 Å². The van der Waals surface area contributed by atoms with Gasteiger partial charge < -0.3 is 87.5 Å². The van der Waals surface area contributed by atoms with Crippen molar-refractivity contribution in [2.24, 2.45) is 0 Å². The third-order valence-corrected chi connectivity index (χ3v) is 26.0. The van der Waals surface area contributed by atoms with Gasteiger partial charge in [0.05, 0.1) is 47.8 Å².